The molecule has 3 aromatic rings. The quantitative estimate of drug-likeness (QED) is 0.262. The van der Waals surface area contributed by atoms with E-state index in [2.05, 4.69) is 133 Å². The van der Waals surface area contributed by atoms with Gasteiger partial charge in [-0.1, -0.05) is 151 Å². The third-order valence-corrected chi connectivity index (χ3v) is 12.9. The average molecular weight is 493 g/mol. The van der Waals surface area contributed by atoms with Crippen molar-refractivity contribution in [2.24, 2.45) is 0 Å². The molecular formula is C35H44Si. The van der Waals surface area contributed by atoms with Crippen LogP contribution in [-0.4, -0.2) is 8.07 Å². The summed E-state index contributed by atoms with van der Waals surface area (Å²) in [6, 6.07) is 27.6. The van der Waals surface area contributed by atoms with Crippen molar-refractivity contribution in [2.45, 2.75) is 85.5 Å². The van der Waals surface area contributed by atoms with E-state index in [0.717, 1.165) is 0 Å². The average Bonchev–Trinajstić information content (AvgIpc) is 2.86. The summed E-state index contributed by atoms with van der Waals surface area (Å²) in [7, 11) is -2.32. The molecule has 1 heterocycles. The first kappa shape index (κ1) is 26.4. The van der Waals surface area contributed by atoms with Crippen molar-refractivity contribution in [2.75, 3.05) is 0 Å². The predicted molar refractivity (Wildman–Crippen MR) is 162 cm³/mol. The Balaban J connectivity index is 2.13. The van der Waals surface area contributed by atoms with Gasteiger partial charge in [0.05, 0.1) is 0 Å². The molecule has 0 bridgehead atoms. The Morgan fingerprint density at radius 3 is 1.78 bits per heavy atom. The van der Waals surface area contributed by atoms with E-state index in [1.165, 1.54) is 30.4 Å². The van der Waals surface area contributed by atoms with Gasteiger partial charge in [0.1, 0.15) is 0 Å². The fourth-order valence-electron chi connectivity index (χ4n) is 5.90. The first-order valence-corrected chi connectivity index (χ1v) is 16.0. The second kappa shape index (κ2) is 11.2. The van der Waals surface area contributed by atoms with Crippen molar-refractivity contribution >= 4 is 24.5 Å². The number of hydrogen-bond donors (Lipinski definition) is 0. The lowest BCUT2D eigenvalue weighted by Crippen LogP contribution is -2.67. The minimum Gasteiger partial charge on any atom is -0.0674 e. The second-order valence-corrected chi connectivity index (χ2v) is 15.2. The number of rotatable bonds is 9. The van der Waals surface area contributed by atoms with Crippen molar-refractivity contribution in [1.82, 2.24) is 0 Å². The van der Waals surface area contributed by atoms with Crippen LogP contribution in [0.4, 0.5) is 0 Å². The lowest BCUT2D eigenvalue weighted by atomic mass is 9.89. The molecule has 0 saturated heterocycles. The van der Waals surface area contributed by atoms with Crippen LogP contribution in [0.3, 0.4) is 0 Å². The molecule has 0 radical (unpaired) electrons. The standard InChI is InChI=1S/C35H44Si/c1-8-9-18-31-24-32(21-28-16-12-10-13-17-28)36(31,30-19-14-11-15-20-30)35-33(26(4)5)22-29(25(2)3)23-34(35)27(6)7/h10-17,19-27H,8-9,18H2,1-7H3/b32-21-. The maximum absolute atomic E-state index is 2.56. The van der Waals surface area contributed by atoms with Crippen LogP contribution in [0, 0.1) is 0 Å². The van der Waals surface area contributed by atoms with Crippen molar-refractivity contribution < 1.29 is 0 Å². The summed E-state index contributed by atoms with van der Waals surface area (Å²) in [5.41, 5.74) is 5.93. The minimum atomic E-state index is -2.32. The fraction of sp³-hybridized carbons (Fsp3) is 0.371. The molecule has 36 heavy (non-hydrogen) atoms. The molecule has 0 aromatic heterocycles. The second-order valence-electron chi connectivity index (χ2n) is 11.4. The van der Waals surface area contributed by atoms with E-state index < -0.39 is 8.07 Å². The van der Waals surface area contributed by atoms with Gasteiger partial charge in [-0.3, -0.25) is 0 Å². The molecule has 1 atom stereocenters. The third kappa shape index (κ3) is 4.83. The third-order valence-electron chi connectivity index (χ3n) is 7.88. The number of hydrogen-bond acceptors (Lipinski definition) is 0. The van der Waals surface area contributed by atoms with Gasteiger partial charge >= 0.3 is 0 Å². The van der Waals surface area contributed by atoms with Crippen LogP contribution in [-0.2, 0) is 0 Å². The Labute approximate surface area is 221 Å². The number of benzene rings is 3. The van der Waals surface area contributed by atoms with Crippen LogP contribution in [0.1, 0.15) is 108 Å². The van der Waals surface area contributed by atoms with Crippen LogP contribution < -0.4 is 10.4 Å². The molecule has 3 aromatic carbocycles. The zero-order chi connectivity index (χ0) is 25.9. The van der Waals surface area contributed by atoms with Gasteiger partial charge < -0.3 is 0 Å². The molecule has 0 amide bonds. The highest BCUT2D eigenvalue weighted by atomic mass is 28.3. The highest BCUT2D eigenvalue weighted by Gasteiger charge is 2.51. The Morgan fingerprint density at radius 2 is 1.28 bits per heavy atom. The predicted octanol–water partition coefficient (Wildman–Crippen LogP) is 8.91. The van der Waals surface area contributed by atoms with Gasteiger partial charge in [-0.25, -0.2) is 0 Å². The van der Waals surface area contributed by atoms with Gasteiger partial charge in [0.2, 0.25) is 0 Å². The van der Waals surface area contributed by atoms with Crippen LogP contribution in [0.15, 0.2) is 89.3 Å². The molecule has 1 heteroatoms. The van der Waals surface area contributed by atoms with E-state index in [9.17, 15) is 0 Å². The molecular weight excluding hydrogens is 448 g/mol. The van der Waals surface area contributed by atoms with Crippen molar-refractivity contribution in [1.29, 1.82) is 0 Å². The summed E-state index contributed by atoms with van der Waals surface area (Å²) in [6.45, 7) is 16.6. The van der Waals surface area contributed by atoms with Gasteiger partial charge in [0.25, 0.3) is 0 Å². The first-order chi connectivity index (χ1) is 17.3. The summed E-state index contributed by atoms with van der Waals surface area (Å²) in [5.74, 6) is 1.49. The van der Waals surface area contributed by atoms with Gasteiger partial charge in [-0.05, 0) is 62.0 Å². The van der Waals surface area contributed by atoms with E-state index in [1.54, 1.807) is 31.9 Å². The monoisotopic (exact) mass is 492 g/mol. The zero-order valence-corrected chi connectivity index (χ0v) is 24.4. The van der Waals surface area contributed by atoms with Crippen LogP contribution in [0.2, 0.25) is 0 Å². The highest BCUT2D eigenvalue weighted by Crippen LogP contribution is 2.42. The van der Waals surface area contributed by atoms with Crippen LogP contribution in [0.5, 0.6) is 0 Å². The van der Waals surface area contributed by atoms with E-state index in [4.69, 9.17) is 0 Å². The summed E-state index contributed by atoms with van der Waals surface area (Å²) >= 11 is 0. The van der Waals surface area contributed by atoms with Gasteiger partial charge in [-0.2, -0.15) is 0 Å². The molecule has 1 unspecified atom stereocenters. The van der Waals surface area contributed by atoms with Gasteiger partial charge in [-0.15, -0.1) is 0 Å². The molecule has 0 aliphatic carbocycles. The first-order valence-electron chi connectivity index (χ1n) is 14.0. The van der Waals surface area contributed by atoms with E-state index in [-0.39, 0.29) is 0 Å². The smallest absolute Gasteiger partial charge is 0.0674 e. The van der Waals surface area contributed by atoms with E-state index >= 15 is 0 Å². The van der Waals surface area contributed by atoms with Crippen LogP contribution >= 0.6 is 0 Å². The summed E-state index contributed by atoms with van der Waals surface area (Å²) in [6.07, 6.45) is 8.75. The van der Waals surface area contributed by atoms with Gasteiger partial charge in [0.15, 0.2) is 8.07 Å². The molecule has 4 rings (SSSR count). The lowest BCUT2D eigenvalue weighted by molar-refractivity contribution is 0.797. The summed E-state index contributed by atoms with van der Waals surface area (Å²) in [5, 5.41) is 6.49. The SMILES string of the molecule is CCCCC1=C/C(=C/c2ccccc2)[Si]1(c1ccccc1)c1c(C(C)C)cc(C(C)C)cc1C(C)C. The normalized spacial score (nSPS) is 18.7. The zero-order valence-electron chi connectivity index (χ0n) is 23.4. The number of unbranched alkanes of at least 4 members (excludes halogenated alkanes) is 1. The fourth-order valence-corrected chi connectivity index (χ4v) is 11.6. The molecule has 0 saturated carbocycles. The molecule has 0 N–H and O–H groups in total. The number of allylic oxidation sites excluding steroid dienone is 3. The molecule has 0 fully saturated rings. The van der Waals surface area contributed by atoms with Crippen molar-refractivity contribution in [3.05, 3.63) is 112 Å². The van der Waals surface area contributed by atoms with Crippen LogP contribution in [0.25, 0.3) is 6.08 Å². The van der Waals surface area contributed by atoms with E-state index in [0.29, 0.717) is 17.8 Å². The van der Waals surface area contributed by atoms with E-state index in [1.807, 2.05) is 0 Å². The maximum Gasteiger partial charge on any atom is 0.176 e. The molecule has 0 nitrogen and oxygen atoms in total. The van der Waals surface area contributed by atoms with Crippen molar-refractivity contribution in [3.63, 3.8) is 0 Å². The Kier molecular flexibility index (Phi) is 8.20. The molecule has 1 aliphatic rings. The van der Waals surface area contributed by atoms with Gasteiger partial charge in [0, 0.05) is 0 Å². The lowest BCUT2D eigenvalue weighted by Gasteiger charge is -2.47. The highest BCUT2D eigenvalue weighted by molar-refractivity contribution is 7.16. The largest absolute Gasteiger partial charge is 0.176 e. The summed E-state index contributed by atoms with van der Waals surface area (Å²) in [4.78, 5) is 0. The molecule has 188 valence electrons. The minimum absolute atomic E-state index is 0.482. The Bertz CT molecular complexity index is 1200. The Hall–Kier alpha value is -2.64. The summed E-state index contributed by atoms with van der Waals surface area (Å²) < 4.78 is 0. The topological polar surface area (TPSA) is 0 Å². The maximum atomic E-state index is 2.56. The van der Waals surface area contributed by atoms with Crippen molar-refractivity contribution in [3.8, 4) is 0 Å². The Morgan fingerprint density at radius 1 is 0.722 bits per heavy atom. The molecule has 0 spiro atoms. The molecule has 1 aliphatic heterocycles.